The van der Waals surface area contributed by atoms with Crippen LogP contribution in [0.3, 0.4) is 0 Å². The molecule has 3 rings (SSSR count). The predicted octanol–water partition coefficient (Wildman–Crippen LogP) is 5.57. The van der Waals surface area contributed by atoms with Gasteiger partial charge in [-0.2, -0.15) is 0 Å². The van der Waals surface area contributed by atoms with Gasteiger partial charge in [0, 0.05) is 11.8 Å². The summed E-state index contributed by atoms with van der Waals surface area (Å²) in [7, 11) is 0. The Kier molecular flexibility index (Phi) is 3.79. The summed E-state index contributed by atoms with van der Waals surface area (Å²) in [6.07, 6.45) is 6.96. The summed E-state index contributed by atoms with van der Waals surface area (Å²) in [4.78, 5) is 0. The standard InChI is InChI=1S/C21H22/c1-15-6-4-8-18(12-15)21(20-11-10-17(3)14-20)19-9-5-7-16(2)13-19/h4-14,20-21H,1-3H3. The molecule has 0 saturated heterocycles. The number of benzene rings is 2. The summed E-state index contributed by atoms with van der Waals surface area (Å²) in [6, 6.07) is 17.8. The van der Waals surface area contributed by atoms with E-state index < -0.39 is 0 Å². The molecule has 0 radical (unpaired) electrons. The molecule has 2 aromatic carbocycles. The molecule has 0 nitrogen and oxygen atoms in total. The van der Waals surface area contributed by atoms with Crippen molar-refractivity contribution in [2.75, 3.05) is 0 Å². The fraction of sp³-hybridized carbons (Fsp3) is 0.238. The summed E-state index contributed by atoms with van der Waals surface area (Å²) in [6.45, 7) is 6.52. The van der Waals surface area contributed by atoms with Gasteiger partial charge in [0.15, 0.2) is 0 Å². The van der Waals surface area contributed by atoms with Crippen LogP contribution in [0.2, 0.25) is 0 Å². The minimum atomic E-state index is 0.401. The van der Waals surface area contributed by atoms with Crippen LogP contribution in [-0.4, -0.2) is 0 Å². The Hall–Kier alpha value is -2.08. The second kappa shape index (κ2) is 5.73. The van der Waals surface area contributed by atoms with Gasteiger partial charge in [-0.05, 0) is 31.9 Å². The maximum Gasteiger partial charge on any atom is 0.0187 e. The molecule has 106 valence electrons. The second-order valence-corrected chi connectivity index (χ2v) is 6.15. The molecule has 21 heavy (non-hydrogen) atoms. The third-order valence-electron chi connectivity index (χ3n) is 4.22. The zero-order valence-corrected chi connectivity index (χ0v) is 13.0. The van der Waals surface area contributed by atoms with Crippen molar-refractivity contribution in [2.45, 2.75) is 26.7 Å². The normalized spacial score (nSPS) is 17.3. The molecular formula is C21H22. The van der Waals surface area contributed by atoms with E-state index >= 15 is 0 Å². The first-order chi connectivity index (χ1) is 10.1. The van der Waals surface area contributed by atoms with E-state index in [0.717, 1.165) is 0 Å². The van der Waals surface area contributed by atoms with Crippen LogP contribution in [-0.2, 0) is 0 Å². The molecule has 0 N–H and O–H groups in total. The molecule has 0 heterocycles. The Balaban J connectivity index is 2.09. The quantitative estimate of drug-likeness (QED) is 0.686. The Bertz CT molecular complexity index is 658. The van der Waals surface area contributed by atoms with Crippen molar-refractivity contribution in [3.05, 3.63) is 94.6 Å². The van der Waals surface area contributed by atoms with Crippen molar-refractivity contribution >= 4 is 0 Å². The minimum absolute atomic E-state index is 0.401. The molecule has 1 unspecified atom stereocenters. The highest BCUT2D eigenvalue weighted by atomic mass is 14.3. The largest absolute Gasteiger partial charge is 0.0764 e. The fourth-order valence-corrected chi connectivity index (χ4v) is 3.25. The van der Waals surface area contributed by atoms with E-state index in [2.05, 4.69) is 87.5 Å². The molecule has 1 atom stereocenters. The Morgan fingerprint density at radius 1 is 0.810 bits per heavy atom. The first kappa shape index (κ1) is 13.9. The topological polar surface area (TPSA) is 0 Å². The molecule has 1 aliphatic carbocycles. The van der Waals surface area contributed by atoms with Crippen LogP contribution in [0.25, 0.3) is 0 Å². The van der Waals surface area contributed by atoms with Crippen molar-refractivity contribution < 1.29 is 0 Å². The molecular weight excluding hydrogens is 252 g/mol. The van der Waals surface area contributed by atoms with Crippen LogP contribution in [0.4, 0.5) is 0 Å². The van der Waals surface area contributed by atoms with Crippen molar-refractivity contribution in [1.82, 2.24) is 0 Å². The van der Waals surface area contributed by atoms with Gasteiger partial charge in [0.2, 0.25) is 0 Å². The summed E-state index contributed by atoms with van der Waals surface area (Å²) in [5.41, 5.74) is 6.83. The van der Waals surface area contributed by atoms with Crippen molar-refractivity contribution in [3.8, 4) is 0 Å². The highest BCUT2D eigenvalue weighted by Gasteiger charge is 2.23. The molecule has 2 aromatic rings. The van der Waals surface area contributed by atoms with E-state index in [1.807, 2.05) is 0 Å². The smallest absolute Gasteiger partial charge is 0.0187 e. The third-order valence-corrected chi connectivity index (χ3v) is 4.22. The van der Waals surface area contributed by atoms with E-state index in [9.17, 15) is 0 Å². The van der Waals surface area contributed by atoms with Gasteiger partial charge in [-0.3, -0.25) is 0 Å². The Labute approximate surface area is 127 Å². The molecule has 0 spiro atoms. The predicted molar refractivity (Wildman–Crippen MR) is 90.6 cm³/mol. The van der Waals surface area contributed by atoms with Gasteiger partial charge >= 0.3 is 0 Å². The molecule has 0 fully saturated rings. The highest BCUT2D eigenvalue weighted by Crippen LogP contribution is 2.37. The molecule has 0 heteroatoms. The monoisotopic (exact) mass is 274 g/mol. The number of rotatable bonds is 3. The molecule has 0 aromatic heterocycles. The fourth-order valence-electron chi connectivity index (χ4n) is 3.25. The van der Waals surface area contributed by atoms with Crippen LogP contribution in [0.1, 0.15) is 35.1 Å². The van der Waals surface area contributed by atoms with Gasteiger partial charge in [0.05, 0.1) is 0 Å². The summed E-state index contributed by atoms with van der Waals surface area (Å²) >= 11 is 0. The lowest BCUT2D eigenvalue weighted by Crippen LogP contribution is -2.10. The maximum atomic E-state index is 2.38. The number of allylic oxidation sites excluding steroid dienone is 4. The van der Waals surface area contributed by atoms with Gasteiger partial charge < -0.3 is 0 Å². The van der Waals surface area contributed by atoms with Crippen LogP contribution in [0, 0.1) is 19.8 Å². The zero-order chi connectivity index (χ0) is 14.8. The lowest BCUT2D eigenvalue weighted by atomic mass is 9.80. The molecule has 1 aliphatic rings. The number of hydrogen-bond donors (Lipinski definition) is 0. The zero-order valence-electron chi connectivity index (χ0n) is 13.0. The molecule has 0 amide bonds. The van der Waals surface area contributed by atoms with Gasteiger partial charge in [-0.15, -0.1) is 0 Å². The maximum absolute atomic E-state index is 2.38. The van der Waals surface area contributed by atoms with Crippen LogP contribution in [0.15, 0.2) is 72.3 Å². The van der Waals surface area contributed by atoms with Gasteiger partial charge in [-0.25, -0.2) is 0 Å². The highest BCUT2D eigenvalue weighted by molar-refractivity contribution is 5.42. The average Bonchev–Trinajstić information content (AvgIpc) is 2.86. The Morgan fingerprint density at radius 2 is 1.38 bits per heavy atom. The lowest BCUT2D eigenvalue weighted by molar-refractivity contribution is 0.690. The summed E-state index contributed by atoms with van der Waals surface area (Å²) in [5.74, 6) is 0.854. The van der Waals surface area contributed by atoms with E-state index in [4.69, 9.17) is 0 Å². The SMILES string of the molecule is CC1=CC(C(c2cccc(C)c2)c2cccc(C)c2)C=C1. The summed E-state index contributed by atoms with van der Waals surface area (Å²) < 4.78 is 0. The first-order valence-electron chi connectivity index (χ1n) is 7.63. The molecule has 0 bridgehead atoms. The lowest BCUT2D eigenvalue weighted by Gasteiger charge is -2.23. The van der Waals surface area contributed by atoms with E-state index in [0.29, 0.717) is 11.8 Å². The number of hydrogen-bond acceptors (Lipinski definition) is 0. The summed E-state index contributed by atoms with van der Waals surface area (Å²) in [5, 5.41) is 0. The second-order valence-electron chi connectivity index (χ2n) is 6.15. The van der Waals surface area contributed by atoms with Crippen LogP contribution >= 0.6 is 0 Å². The minimum Gasteiger partial charge on any atom is -0.0764 e. The third kappa shape index (κ3) is 3.00. The van der Waals surface area contributed by atoms with Gasteiger partial charge in [-0.1, -0.05) is 83.5 Å². The van der Waals surface area contributed by atoms with E-state index in [1.54, 1.807) is 0 Å². The van der Waals surface area contributed by atoms with Crippen molar-refractivity contribution in [1.29, 1.82) is 0 Å². The van der Waals surface area contributed by atoms with Crippen molar-refractivity contribution in [2.24, 2.45) is 5.92 Å². The first-order valence-corrected chi connectivity index (χ1v) is 7.63. The van der Waals surface area contributed by atoms with Gasteiger partial charge in [0.25, 0.3) is 0 Å². The van der Waals surface area contributed by atoms with E-state index in [-0.39, 0.29) is 0 Å². The van der Waals surface area contributed by atoms with E-state index in [1.165, 1.54) is 27.8 Å². The van der Waals surface area contributed by atoms with Gasteiger partial charge in [0.1, 0.15) is 0 Å². The van der Waals surface area contributed by atoms with Crippen LogP contribution in [0.5, 0.6) is 0 Å². The molecule has 0 saturated carbocycles. The van der Waals surface area contributed by atoms with Crippen LogP contribution < -0.4 is 0 Å². The Morgan fingerprint density at radius 3 is 1.81 bits per heavy atom. The number of aryl methyl sites for hydroxylation is 2. The van der Waals surface area contributed by atoms with Crippen molar-refractivity contribution in [3.63, 3.8) is 0 Å². The average molecular weight is 274 g/mol. The molecule has 0 aliphatic heterocycles.